The quantitative estimate of drug-likeness (QED) is 0.632. The minimum Gasteiger partial charge on any atom is -0.454 e. The highest BCUT2D eigenvalue weighted by Crippen LogP contribution is 2.32. The number of nitrogens with one attached hydrogen (secondary N) is 2. The lowest BCUT2D eigenvalue weighted by Gasteiger charge is -2.28. The Kier molecular flexibility index (Phi) is 5.47. The van der Waals surface area contributed by atoms with Crippen LogP contribution >= 0.6 is 0 Å². The molecule has 2 aliphatic heterocycles. The Morgan fingerprint density at radius 1 is 0.938 bits per heavy atom. The molecule has 1 saturated heterocycles. The first-order valence-electron chi connectivity index (χ1n) is 10.4. The average Bonchev–Trinajstić information content (AvgIpc) is 3.28. The van der Waals surface area contributed by atoms with Crippen molar-refractivity contribution in [2.45, 2.75) is 6.92 Å². The van der Waals surface area contributed by atoms with Crippen LogP contribution in [-0.2, 0) is 4.74 Å². The number of anilines is 4. The summed E-state index contributed by atoms with van der Waals surface area (Å²) >= 11 is 0. The first-order chi connectivity index (χ1) is 15.6. The van der Waals surface area contributed by atoms with E-state index in [1.165, 1.54) is 0 Å². The first kappa shape index (κ1) is 20.1. The molecule has 2 N–H and O–H groups in total. The van der Waals surface area contributed by atoms with Gasteiger partial charge in [-0.25, -0.2) is 4.98 Å². The fourth-order valence-corrected chi connectivity index (χ4v) is 3.57. The van der Waals surface area contributed by atoms with Gasteiger partial charge >= 0.3 is 0 Å². The van der Waals surface area contributed by atoms with Gasteiger partial charge in [-0.1, -0.05) is 0 Å². The molecule has 1 aromatic heterocycles. The predicted octanol–water partition coefficient (Wildman–Crippen LogP) is 3.35. The zero-order valence-corrected chi connectivity index (χ0v) is 17.6. The monoisotopic (exact) mass is 433 g/mol. The molecule has 9 heteroatoms. The van der Waals surface area contributed by atoms with E-state index in [0.717, 1.165) is 30.3 Å². The van der Waals surface area contributed by atoms with Gasteiger partial charge in [0.1, 0.15) is 5.82 Å². The predicted molar refractivity (Wildman–Crippen MR) is 120 cm³/mol. The summed E-state index contributed by atoms with van der Waals surface area (Å²) in [7, 11) is 0. The van der Waals surface area contributed by atoms with Crippen LogP contribution in [0.25, 0.3) is 0 Å². The maximum absolute atomic E-state index is 12.6. The van der Waals surface area contributed by atoms with E-state index in [1.807, 2.05) is 37.3 Å². The number of nitrogens with zero attached hydrogens (tertiary/aromatic N) is 3. The van der Waals surface area contributed by atoms with Gasteiger partial charge in [0.25, 0.3) is 5.91 Å². The van der Waals surface area contributed by atoms with E-state index in [4.69, 9.17) is 14.2 Å². The Labute approximate surface area is 185 Å². The van der Waals surface area contributed by atoms with E-state index in [9.17, 15) is 4.79 Å². The highest BCUT2D eigenvalue weighted by molar-refractivity contribution is 6.04. The van der Waals surface area contributed by atoms with Gasteiger partial charge in [0, 0.05) is 41.8 Å². The first-order valence-corrected chi connectivity index (χ1v) is 10.4. The number of ether oxygens (including phenoxy) is 3. The summed E-state index contributed by atoms with van der Waals surface area (Å²) in [6.07, 6.45) is 0. The summed E-state index contributed by atoms with van der Waals surface area (Å²) in [5.41, 5.74) is 2.89. The number of carbonyl (C=O) groups is 1. The minimum absolute atomic E-state index is 0.174. The molecular formula is C23H23N5O4. The second-order valence-electron chi connectivity index (χ2n) is 7.52. The maximum Gasteiger partial charge on any atom is 0.255 e. The zero-order chi connectivity index (χ0) is 21.9. The number of hydrogen-bond donors (Lipinski definition) is 2. The third-order valence-corrected chi connectivity index (χ3v) is 5.21. The number of aromatic nitrogens is 2. The SMILES string of the molecule is Cc1cc(N2CCOCC2)nc(Nc2ccc(NC(=O)c3ccc4c(c3)OCO4)cc2)n1. The van der Waals surface area contributed by atoms with Gasteiger partial charge in [0.15, 0.2) is 11.5 Å². The summed E-state index contributed by atoms with van der Waals surface area (Å²) in [4.78, 5) is 23.9. The molecule has 9 nitrogen and oxygen atoms in total. The number of amides is 1. The van der Waals surface area contributed by atoms with Gasteiger partial charge in [-0.05, 0) is 49.4 Å². The Morgan fingerprint density at radius 2 is 1.69 bits per heavy atom. The summed E-state index contributed by atoms with van der Waals surface area (Å²) < 4.78 is 16.0. The van der Waals surface area contributed by atoms with Crippen LogP contribution in [0, 0.1) is 6.92 Å². The summed E-state index contributed by atoms with van der Waals surface area (Å²) in [5, 5.41) is 6.13. The molecule has 1 fully saturated rings. The van der Waals surface area contributed by atoms with Gasteiger partial charge in [0.2, 0.25) is 12.7 Å². The van der Waals surface area contributed by atoms with E-state index in [-0.39, 0.29) is 12.7 Å². The van der Waals surface area contributed by atoms with Crippen LogP contribution in [0.1, 0.15) is 16.1 Å². The van der Waals surface area contributed by atoms with Crippen molar-refractivity contribution in [3.8, 4) is 11.5 Å². The molecule has 0 spiro atoms. The van der Waals surface area contributed by atoms with Crippen molar-refractivity contribution in [2.24, 2.45) is 0 Å². The molecular weight excluding hydrogens is 410 g/mol. The third-order valence-electron chi connectivity index (χ3n) is 5.21. The fraction of sp³-hybridized carbons (Fsp3) is 0.261. The molecule has 0 saturated carbocycles. The Balaban J connectivity index is 1.25. The van der Waals surface area contributed by atoms with Crippen molar-refractivity contribution >= 4 is 29.0 Å². The summed E-state index contributed by atoms with van der Waals surface area (Å²) in [6, 6.07) is 14.5. The van der Waals surface area contributed by atoms with E-state index in [1.54, 1.807) is 18.2 Å². The zero-order valence-electron chi connectivity index (χ0n) is 17.6. The Bertz CT molecular complexity index is 1130. The summed E-state index contributed by atoms with van der Waals surface area (Å²) in [5.74, 6) is 2.42. The number of aryl methyl sites for hydroxylation is 1. The highest BCUT2D eigenvalue weighted by atomic mass is 16.7. The van der Waals surface area contributed by atoms with Crippen molar-refractivity contribution in [3.63, 3.8) is 0 Å². The standard InChI is InChI=1S/C23H23N5O4/c1-15-12-21(28-8-10-30-11-9-28)27-23(24-15)26-18-5-3-17(4-6-18)25-22(29)16-2-7-19-20(13-16)32-14-31-19/h2-7,12-13H,8-11,14H2,1H3,(H,25,29)(H,24,26,27). The molecule has 0 radical (unpaired) electrons. The van der Waals surface area contributed by atoms with Crippen molar-refractivity contribution in [1.82, 2.24) is 9.97 Å². The molecule has 3 heterocycles. The molecule has 0 bridgehead atoms. The van der Waals surface area contributed by atoms with Gasteiger partial charge in [-0.2, -0.15) is 4.98 Å². The molecule has 0 unspecified atom stereocenters. The van der Waals surface area contributed by atoms with E-state index in [0.29, 0.717) is 41.9 Å². The van der Waals surface area contributed by atoms with Crippen molar-refractivity contribution in [3.05, 3.63) is 59.8 Å². The van der Waals surface area contributed by atoms with Gasteiger partial charge < -0.3 is 29.7 Å². The molecule has 1 amide bonds. The molecule has 164 valence electrons. The van der Waals surface area contributed by atoms with Crippen LogP contribution in [0.2, 0.25) is 0 Å². The van der Waals surface area contributed by atoms with Crippen molar-refractivity contribution in [1.29, 1.82) is 0 Å². The normalized spacial score (nSPS) is 14.8. The smallest absolute Gasteiger partial charge is 0.255 e. The van der Waals surface area contributed by atoms with Gasteiger partial charge in [-0.15, -0.1) is 0 Å². The second kappa shape index (κ2) is 8.72. The van der Waals surface area contributed by atoms with Crippen molar-refractivity contribution in [2.75, 3.05) is 48.6 Å². The molecule has 2 aliphatic rings. The highest BCUT2D eigenvalue weighted by Gasteiger charge is 2.17. The fourth-order valence-electron chi connectivity index (χ4n) is 3.57. The molecule has 5 rings (SSSR count). The van der Waals surface area contributed by atoms with Crippen LogP contribution in [-0.4, -0.2) is 49.0 Å². The topological polar surface area (TPSA) is 97.8 Å². The van der Waals surface area contributed by atoms with E-state index >= 15 is 0 Å². The molecule has 3 aromatic rings. The van der Waals surface area contributed by atoms with Crippen LogP contribution in [0.3, 0.4) is 0 Å². The van der Waals surface area contributed by atoms with Gasteiger partial charge in [0.05, 0.1) is 13.2 Å². The molecule has 2 aromatic carbocycles. The number of hydrogen-bond acceptors (Lipinski definition) is 8. The molecule has 0 aliphatic carbocycles. The second-order valence-corrected chi connectivity index (χ2v) is 7.52. The van der Waals surface area contributed by atoms with Crippen LogP contribution in [0.5, 0.6) is 11.5 Å². The maximum atomic E-state index is 12.6. The molecule has 0 atom stereocenters. The van der Waals surface area contributed by atoms with Crippen LogP contribution < -0.4 is 25.0 Å². The van der Waals surface area contributed by atoms with Crippen LogP contribution in [0.4, 0.5) is 23.1 Å². The number of benzene rings is 2. The number of fused-ring (bicyclic) bond motifs is 1. The largest absolute Gasteiger partial charge is 0.454 e. The van der Waals surface area contributed by atoms with E-state index in [2.05, 4.69) is 25.5 Å². The van der Waals surface area contributed by atoms with E-state index < -0.39 is 0 Å². The third kappa shape index (κ3) is 4.42. The lowest BCUT2D eigenvalue weighted by Crippen LogP contribution is -2.36. The van der Waals surface area contributed by atoms with Gasteiger partial charge in [-0.3, -0.25) is 4.79 Å². The average molecular weight is 433 g/mol. The van der Waals surface area contributed by atoms with Crippen LogP contribution in [0.15, 0.2) is 48.5 Å². The number of carbonyl (C=O) groups excluding carboxylic acids is 1. The number of rotatable bonds is 5. The minimum atomic E-state index is -0.221. The van der Waals surface area contributed by atoms with Crippen molar-refractivity contribution < 1.29 is 19.0 Å². The lowest BCUT2D eigenvalue weighted by atomic mass is 10.2. The lowest BCUT2D eigenvalue weighted by molar-refractivity contribution is 0.102. The Morgan fingerprint density at radius 3 is 2.50 bits per heavy atom. The number of morpholine rings is 1. The molecule has 32 heavy (non-hydrogen) atoms. The summed E-state index contributed by atoms with van der Waals surface area (Å²) in [6.45, 7) is 5.15. The Hall–Kier alpha value is -3.85.